The van der Waals surface area contributed by atoms with Gasteiger partial charge in [0.25, 0.3) is 0 Å². The molecule has 0 radical (unpaired) electrons. The molecule has 0 aliphatic heterocycles. The predicted molar refractivity (Wildman–Crippen MR) is 112 cm³/mol. The van der Waals surface area contributed by atoms with Crippen LogP contribution in [0.5, 0.6) is 0 Å². The molecule has 0 fully saturated rings. The monoisotopic (exact) mass is 474 g/mol. The van der Waals surface area contributed by atoms with Crippen molar-refractivity contribution in [3.63, 3.8) is 0 Å². The summed E-state index contributed by atoms with van der Waals surface area (Å²) in [5.74, 6) is -0.684. The van der Waals surface area contributed by atoms with Crippen LogP contribution in [0.4, 0.5) is 32.3 Å². The van der Waals surface area contributed by atoms with Crippen molar-refractivity contribution >= 4 is 29.1 Å². The van der Waals surface area contributed by atoms with Gasteiger partial charge < -0.3 is 10.3 Å². The summed E-state index contributed by atoms with van der Waals surface area (Å²) in [6.07, 6.45) is -6.79. The number of nitrogens with zero attached hydrogens (tertiary/aromatic N) is 2. The maximum atomic E-state index is 13.3. The number of halogens is 6. The molecule has 1 aromatic carbocycles. The van der Waals surface area contributed by atoms with Gasteiger partial charge in [-0.1, -0.05) is 30.9 Å². The maximum absolute atomic E-state index is 13.3. The van der Waals surface area contributed by atoms with Crippen molar-refractivity contribution in [2.24, 2.45) is 4.99 Å². The Labute approximate surface area is 184 Å². The minimum atomic E-state index is -4.88. The Morgan fingerprint density at radius 1 is 1.27 bits per heavy atom. The van der Waals surface area contributed by atoms with E-state index in [0.29, 0.717) is 17.2 Å². The van der Waals surface area contributed by atoms with E-state index in [1.165, 1.54) is 6.92 Å². The predicted octanol–water partition coefficient (Wildman–Crippen LogP) is 5.49. The van der Waals surface area contributed by atoms with Gasteiger partial charge in [-0.15, -0.1) is 13.2 Å². The van der Waals surface area contributed by atoms with Crippen molar-refractivity contribution in [3.8, 4) is 0 Å². The summed E-state index contributed by atoms with van der Waals surface area (Å²) >= 11 is 0. The quantitative estimate of drug-likeness (QED) is 0.286. The van der Waals surface area contributed by atoms with Crippen LogP contribution >= 0.6 is 0 Å². The number of allylic oxidation sites excluding steroid dienone is 4. The van der Waals surface area contributed by atoms with Crippen LogP contribution in [0, 0.1) is 0 Å². The lowest BCUT2D eigenvalue weighted by Crippen LogP contribution is -2.25. The van der Waals surface area contributed by atoms with Gasteiger partial charge in [0.15, 0.2) is 0 Å². The highest BCUT2D eigenvalue weighted by Gasteiger charge is 2.32. The molecule has 2 N–H and O–H groups in total. The lowest BCUT2D eigenvalue weighted by atomic mass is 10.0. The number of ether oxygens (including phenoxy) is 1. The lowest BCUT2D eigenvalue weighted by molar-refractivity contribution is -0.317. The summed E-state index contributed by atoms with van der Waals surface area (Å²) in [7, 11) is 0. The summed E-state index contributed by atoms with van der Waals surface area (Å²) in [6, 6.07) is 5.93. The van der Waals surface area contributed by atoms with Crippen LogP contribution in [0.1, 0.15) is 13.3 Å². The van der Waals surface area contributed by atoms with Gasteiger partial charge in [0.05, 0.1) is 35.7 Å². The summed E-state index contributed by atoms with van der Waals surface area (Å²) in [6.45, 7) is 3.65. The number of fused-ring (bicyclic) bond motifs is 1. The van der Waals surface area contributed by atoms with Gasteiger partial charge in [-0.25, -0.2) is 9.98 Å². The Bertz CT molecular complexity index is 1030. The van der Waals surface area contributed by atoms with Crippen LogP contribution < -0.4 is 5.32 Å². The molecular weight excluding hydrogens is 454 g/mol. The number of anilines is 1. The first-order chi connectivity index (χ1) is 15.4. The molecule has 2 rings (SSSR count). The molecule has 178 valence electrons. The third-order valence-electron chi connectivity index (χ3n) is 4.19. The Hall–Kier alpha value is -3.41. The second-order valence-electron chi connectivity index (χ2n) is 6.71. The highest BCUT2D eigenvalue weighted by Crippen LogP contribution is 2.29. The van der Waals surface area contributed by atoms with Gasteiger partial charge in [0, 0.05) is 6.21 Å². The van der Waals surface area contributed by atoms with E-state index in [1.54, 1.807) is 24.3 Å². The van der Waals surface area contributed by atoms with E-state index in [0.717, 1.165) is 18.2 Å². The average Bonchev–Trinajstić information content (AvgIpc) is 3.11. The Morgan fingerprint density at radius 3 is 2.58 bits per heavy atom. The van der Waals surface area contributed by atoms with Crippen LogP contribution in [-0.4, -0.2) is 47.3 Å². The second-order valence-corrected chi connectivity index (χ2v) is 6.71. The molecule has 1 unspecified atom stereocenters. The van der Waals surface area contributed by atoms with Crippen LogP contribution in [0.15, 0.2) is 65.2 Å². The number of aromatic nitrogens is 2. The number of amides is 1. The molecule has 0 aliphatic rings. The molecule has 1 amide bonds. The minimum Gasteiger partial charge on any atom is -0.349 e. The molecule has 0 aliphatic carbocycles. The maximum Gasteiger partial charge on any atom is 0.522 e. The van der Waals surface area contributed by atoms with E-state index in [-0.39, 0.29) is 11.5 Å². The van der Waals surface area contributed by atoms with E-state index >= 15 is 0 Å². The molecule has 1 aromatic heterocycles. The summed E-state index contributed by atoms with van der Waals surface area (Å²) < 4.78 is 79.3. The second kappa shape index (κ2) is 10.9. The SMILES string of the molecule is C=C/C=C(\C=C(/C)C(CC(=O)N=CCOC(F)(F)F)Nc1nc2ccccc2[nH]1)C(F)(F)F. The fraction of sp³-hybridized carbons (Fsp3) is 0.286. The highest BCUT2D eigenvalue weighted by molar-refractivity contribution is 5.86. The van der Waals surface area contributed by atoms with Crippen LogP contribution in [0.2, 0.25) is 0 Å². The zero-order valence-electron chi connectivity index (χ0n) is 17.3. The molecule has 0 saturated carbocycles. The standard InChI is InChI=1S/C21H20F6N4O2/c1-3-6-14(20(22,23)24)11-13(2)17(12-18(32)28-9-10-33-21(25,26)27)31-19-29-15-7-4-5-8-16(15)30-19/h3-9,11,17H,1,10,12H2,2H3,(H2,29,30,31)/b13-11+,14-6+,28-9?. The Balaban J connectivity index is 2.27. The fourth-order valence-corrected chi connectivity index (χ4v) is 2.71. The van der Waals surface area contributed by atoms with Crippen LogP contribution in [0.25, 0.3) is 11.0 Å². The van der Waals surface area contributed by atoms with Crippen molar-refractivity contribution in [3.05, 3.63) is 60.2 Å². The van der Waals surface area contributed by atoms with E-state index in [4.69, 9.17) is 0 Å². The number of hydrogen-bond donors (Lipinski definition) is 2. The van der Waals surface area contributed by atoms with Crippen molar-refractivity contribution in [1.29, 1.82) is 0 Å². The molecular formula is C21H20F6N4O2. The minimum absolute atomic E-state index is 0.107. The zero-order valence-corrected chi connectivity index (χ0v) is 17.3. The number of imidazole rings is 1. The van der Waals surface area contributed by atoms with E-state index in [2.05, 4.69) is 31.6 Å². The number of carbonyl (C=O) groups excluding carboxylic acids is 1. The molecule has 2 aromatic rings. The van der Waals surface area contributed by atoms with Gasteiger partial charge >= 0.3 is 12.5 Å². The lowest BCUT2D eigenvalue weighted by Gasteiger charge is -2.19. The van der Waals surface area contributed by atoms with Gasteiger partial charge in [-0.05, 0) is 30.7 Å². The first-order valence-electron chi connectivity index (χ1n) is 9.44. The van der Waals surface area contributed by atoms with Gasteiger partial charge in [-0.2, -0.15) is 13.2 Å². The number of rotatable bonds is 9. The molecule has 6 nitrogen and oxygen atoms in total. The van der Waals surface area contributed by atoms with Crippen LogP contribution in [0.3, 0.4) is 0 Å². The number of nitrogens with one attached hydrogen (secondary N) is 2. The van der Waals surface area contributed by atoms with Crippen molar-refractivity contribution in [2.45, 2.75) is 31.9 Å². The van der Waals surface area contributed by atoms with E-state index in [1.807, 2.05) is 0 Å². The zero-order chi connectivity index (χ0) is 24.6. The number of aromatic amines is 1. The largest absolute Gasteiger partial charge is 0.522 e. The van der Waals surface area contributed by atoms with Crippen LogP contribution in [-0.2, 0) is 9.53 Å². The first kappa shape index (κ1) is 25.8. The van der Waals surface area contributed by atoms with Gasteiger partial charge in [-0.3, -0.25) is 9.53 Å². The number of hydrogen-bond acceptors (Lipinski definition) is 4. The molecule has 0 bridgehead atoms. The van der Waals surface area contributed by atoms with Gasteiger partial charge in [0.1, 0.15) is 0 Å². The number of H-pyrrole nitrogens is 1. The normalized spacial score (nSPS) is 14.6. The smallest absolute Gasteiger partial charge is 0.349 e. The van der Waals surface area contributed by atoms with Gasteiger partial charge in [0.2, 0.25) is 11.9 Å². The topological polar surface area (TPSA) is 79.4 Å². The number of benzene rings is 1. The Morgan fingerprint density at radius 2 is 1.97 bits per heavy atom. The molecule has 12 heteroatoms. The molecule has 1 heterocycles. The van der Waals surface area contributed by atoms with Crippen molar-refractivity contribution in [1.82, 2.24) is 9.97 Å². The summed E-state index contributed by atoms with van der Waals surface area (Å²) in [5, 5.41) is 2.85. The highest BCUT2D eigenvalue weighted by atomic mass is 19.4. The fourth-order valence-electron chi connectivity index (χ4n) is 2.71. The third-order valence-corrected chi connectivity index (χ3v) is 4.19. The first-order valence-corrected chi connectivity index (χ1v) is 9.44. The number of alkyl halides is 6. The van der Waals surface area contributed by atoms with E-state index < -0.39 is 43.1 Å². The molecule has 0 spiro atoms. The number of aliphatic imine (C=N–C) groups is 1. The molecule has 1 atom stereocenters. The van der Waals surface area contributed by atoms with Crippen molar-refractivity contribution < 1.29 is 35.9 Å². The van der Waals surface area contributed by atoms with Crippen molar-refractivity contribution in [2.75, 3.05) is 11.9 Å². The molecule has 0 saturated heterocycles. The third kappa shape index (κ3) is 8.56. The average molecular weight is 474 g/mol. The number of para-hydroxylation sites is 2. The summed E-state index contributed by atoms with van der Waals surface area (Å²) in [5.41, 5.74) is 0.338. The van der Waals surface area contributed by atoms with E-state index in [9.17, 15) is 31.1 Å². The summed E-state index contributed by atoms with van der Waals surface area (Å²) in [4.78, 5) is 22.7. The Kier molecular flexibility index (Phi) is 8.57. The molecule has 33 heavy (non-hydrogen) atoms. The number of carbonyl (C=O) groups is 1.